The molecule has 0 aliphatic carbocycles. The van der Waals surface area contributed by atoms with Crippen molar-refractivity contribution in [3.05, 3.63) is 23.8 Å². The Morgan fingerprint density at radius 1 is 1.20 bits per heavy atom. The maximum atomic E-state index is 12.0. The lowest BCUT2D eigenvalue weighted by Crippen LogP contribution is -2.40. The molecule has 0 aliphatic heterocycles. The van der Waals surface area contributed by atoms with Gasteiger partial charge in [-0.2, -0.15) is 13.2 Å². The van der Waals surface area contributed by atoms with Crippen LogP contribution in [0.1, 0.15) is 10.4 Å². The number of hydrogen-bond acceptors (Lipinski definition) is 5. The number of rotatable bonds is 7. The van der Waals surface area contributed by atoms with Gasteiger partial charge in [-0.15, -0.1) is 0 Å². The molecular weight excluding hydrogens is 367 g/mol. The number of methoxy groups -OCH3 is 1. The van der Waals surface area contributed by atoms with Gasteiger partial charge in [0, 0.05) is 5.56 Å². The topological polar surface area (TPSA) is 114 Å². The van der Waals surface area contributed by atoms with E-state index >= 15 is 0 Å². The second-order valence-electron chi connectivity index (χ2n) is 4.65. The van der Waals surface area contributed by atoms with E-state index in [1.807, 2.05) is 0 Å². The van der Waals surface area contributed by atoms with Crippen LogP contribution in [0.2, 0.25) is 0 Å². The third-order valence-corrected chi connectivity index (χ3v) is 4.32. The first-order valence-electron chi connectivity index (χ1n) is 6.73. The Hall–Kier alpha value is -2.34. The number of alkyl halides is 3. The zero-order valence-electron chi connectivity index (χ0n) is 13.2. The minimum atomic E-state index is -4.56. The van der Waals surface area contributed by atoms with Crippen LogP contribution in [0.3, 0.4) is 0 Å². The lowest BCUT2D eigenvalue weighted by Gasteiger charge is -2.11. The average Bonchev–Trinajstić information content (AvgIpc) is 2.56. The van der Waals surface area contributed by atoms with Crippen LogP contribution in [0.15, 0.2) is 23.1 Å². The highest BCUT2D eigenvalue weighted by atomic mass is 32.2. The minimum absolute atomic E-state index is 0.00572. The predicted octanol–water partition coefficient (Wildman–Crippen LogP) is 0.0116. The number of carbonyl (C=O) groups excluding carboxylic acids is 2. The molecule has 0 radical (unpaired) electrons. The van der Waals surface area contributed by atoms with Gasteiger partial charge in [0.1, 0.15) is 17.2 Å². The Labute approximate surface area is 141 Å². The molecule has 2 amide bonds. The zero-order valence-corrected chi connectivity index (χ0v) is 14.0. The van der Waals surface area contributed by atoms with Gasteiger partial charge in [0.05, 0.1) is 13.7 Å². The SMILES string of the molecule is CNS(=O)(=O)c1cc(C(=O)NCC(=O)NCC(F)(F)F)ccc1OC. The first kappa shape index (κ1) is 20.7. The summed E-state index contributed by atoms with van der Waals surface area (Å²) in [6.07, 6.45) is -4.56. The van der Waals surface area contributed by atoms with Crippen molar-refractivity contribution in [2.75, 3.05) is 27.2 Å². The molecule has 0 fully saturated rings. The van der Waals surface area contributed by atoms with Gasteiger partial charge in [-0.1, -0.05) is 0 Å². The first-order valence-corrected chi connectivity index (χ1v) is 8.21. The minimum Gasteiger partial charge on any atom is -0.495 e. The van der Waals surface area contributed by atoms with Gasteiger partial charge in [0.15, 0.2) is 0 Å². The Balaban J connectivity index is 2.83. The van der Waals surface area contributed by atoms with E-state index in [1.54, 1.807) is 5.32 Å². The van der Waals surface area contributed by atoms with E-state index in [2.05, 4.69) is 10.0 Å². The van der Waals surface area contributed by atoms with E-state index in [0.717, 1.165) is 6.07 Å². The molecule has 0 bridgehead atoms. The van der Waals surface area contributed by atoms with E-state index in [0.29, 0.717) is 0 Å². The summed E-state index contributed by atoms with van der Waals surface area (Å²) >= 11 is 0. The van der Waals surface area contributed by atoms with Crippen molar-refractivity contribution in [2.24, 2.45) is 0 Å². The largest absolute Gasteiger partial charge is 0.495 e. The maximum absolute atomic E-state index is 12.0. The second kappa shape index (κ2) is 8.16. The van der Waals surface area contributed by atoms with Crippen LogP contribution in [0, 0.1) is 0 Å². The molecule has 0 unspecified atom stereocenters. The number of halogens is 3. The number of amides is 2. The lowest BCUT2D eigenvalue weighted by atomic mass is 10.2. The van der Waals surface area contributed by atoms with Crippen molar-refractivity contribution in [1.82, 2.24) is 15.4 Å². The fraction of sp³-hybridized carbons (Fsp3) is 0.385. The second-order valence-corrected chi connectivity index (χ2v) is 6.50. The highest BCUT2D eigenvalue weighted by Gasteiger charge is 2.27. The normalized spacial score (nSPS) is 11.7. The van der Waals surface area contributed by atoms with Crippen LogP contribution in [-0.2, 0) is 14.8 Å². The molecule has 1 aromatic carbocycles. The van der Waals surface area contributed by atoms with Gasteiger partial charge >= 0.3 is 6.18 Å². The molecule has 0 aromatic heterocycles. The quantitative estimate of drug-likeness (QED) is 0.614. The van der Waals surface area contributed by atoms with E-state index in [-0.39, 0.29) is 16.2 Å². The molecule has 0 saturated carbocycles. The Bertz CT molecular complexity index is 750. The van der Waals surface area contributed by atoms with Crippen molar-refractivity contribution in [1.29, 1.82) is 0 Å². The fourth-order valence-electron chi connectivity index (χ4n) is 1.66. The monoisotopic (exact) mass is 383 g/mol. The zero-order chi connectivity index (χ0) is 19.3. The molecule has 3 N–H and O–H groups in total. The smallest absolute Gasteiger partial charge is 0.405 e. The predicted molar refractivity (Wildman–Crippen MR) is 80.6 cm³/mol. The molecular formula is C13H16F3N3O5S. The Morgan fingerprint density at radius 3 is 2.36 bits per heavy atom. The molecule has 1 rings (SSSR count). The van der Waals surface area contributed by atoms with E-state index < -0.39 is 41.1 Å². The van der Waals surface area contributed by atoms with Crippen molar-refractivity contribution >= 4 is 21.8 Å². The molecule has 0 atom stereocenters. The molecule has 25 heavy (non-hydrogen) atoms. The van der Waals surface area contributed by atoms with E-state index in [4.69, 9.17) is 4.74 Å². The third kappa shape index (κ3) is 6.23. The molecule has 12 heteroatoms. The first-order chi connectivity index (χ1) is 11.5. The summed E-state index contributed by atoms with van der Waals surface area (Å²) < 4.78 is 66.7. The number of carbonyl (C=O) groups is 2. The van der Waals surface area contributed by atoms with Crippen molar-refractivity contribution in [3.8, 4) is 5.75 Å². The summed E-state index contributed by atoms with van der Waals surface area (Å²) in [6.45, 7) is -2.22. The standard InChI is InChI=1S/C13H16F3N3O5S/c1-17-25(22,23)10-5-8(3-4-9(10)24-2)12(21)18-6-11(20)19-7-13(14,15)16/h3-5,17H,6-7H2,1-2H3,(H,18,21)(H,19,20). The summed E-state index contributed by atoms with van der Waals surface area (Å²) in [5.41, 5.74) is -0.113. The van der Waals surface area contributed by atoms with Gasteiger partial charge in [0.25, 0.3) is 5.91 Å². The summed E-state index contributed by atoms with van der Waals surface area (Å²) in [4.78, 5) is 22.9. The van der Waals surface area contributed by atoms with Gasteiger partial charge < -0.3 is 15.4 Å². The number of hydrogen-bond donors (Lipinski definition) is 3. The van der Waals surface area contributed by atoms with Crippen LogP contribution >= 0.6 is 0 Å². The number of sulfonamides is 1. The molecule has 0 aliphatic rings. The third-order valence-electron chi connectivity index (χ3n) is 2.88. The summed E-state index contributed by atoms with van der Waals surface area (Å²) in [5.74, 6) is -1.88. The summed E-state index contributed by atoms with van der Waals surface area (Å²) in [6, 6.07) is 3.51. The van der Waals surface area contributed by atoms with Crippen LogP contribution < -0.4 is 20.1 Å². The fourth-order valence-corrected chi connectivity index (χ4v) is 2.58. The number of benzene rings is 1. The average molecular weight is 383 g/mol. The lowest BCUT2D eigenvalue weighted by molar-refractivity contribution is -0.137. The van der Waals surface area contributed by atoms with Gasteiger partial charge in [-0.25, -0.2) is 13.1 Å². The van der Waals surface area contributed by atoms with Crippen molar-refractivity contribution < 1.29 is 35.9 Å². The van der Waals surface area contributed by atoms with Crippen molar-refractivity contribution in [2.45, 2.75) is 11.1 Å². The molecule has 0 spiro atoms. The van der Waals surface area contributed by atoms with Crippen LogP contribution in [0.25, 0.3) is 0 Å². The highest BCUT2D eigenvalue weighted by Crippen LogP contribution is 2.24. The van der Waals surface area contributed by atoms with Gasteiger partial charge in [0.2, 0.25) is 15.9 Å². The molecule has 140 valence electrons. The molecule has 0 saturated heterocycles. The van der Waals surface area contributed by atoms with Crippen LogP contribution in [0.4, 0.5) is 13.2 Å². The molecule has 8 nitrogen and oxygen atoms in total. The Kier molecular flexibility index (Phi) is 6.76. The molecule has 0 heterocycles. The summed E-state index contributed by atoms with van der Waals surface area (Å²) in [7, 11) is -1.49. The maximum Gasteiger partial charge on any atom is 0.405 e. The summed E-state index contributed by atoms with van der Waals surface area (Å²) in [5, 5.41) is 3.68. The van der Waals surface area contributed by atoms with Crippen LogP contribution in [0.5, 0.6) is 5.75 Å². The van der Waals surface area contributed by atoms with Gasteiger partial charge in [-0.05, 0) is 25.2 Å². The van der Waals surface area contributed by atoms with Crippen LogP contribution in [-0.4, -0.2) is 53.7 Å². The highest BCUT2D eigenvalue weighted by molar-refractivity contribution is 7.89. The van der Waals surface area contributed by atoms with Gasteiger partial charge in [-0.3, -0.25) is 9.59 Å². The molecule has 1 aromatic rings. The number of ether oxygens (including phenoxy) is 1. The Morgan fingerprint density at radius 2 is 1.84 bits per heavy atom. The van der Waals surface area contributed by atoms with E-state index in [1.165, 1.54) is 26.3 Å². The number of nitrogens with one attached hydrogen (secondary N) is 3. The van der Waals surface area contributed by atoms with E-state index in [9.17, 15) is 31.2 Å². The van der Waals surface area contributed by atoms with Crippen molar-refractivity contribution in [3.63, 3.8) is 0 Å².